The van der Waals surface area contributed by atoms with Crippen LogP contribution in [-0.4, -0.2) is 16.7 Å². The van der Waals surface area contributed by atoms with E-state index < -0.39 is 0 Å². The Morgan fingerprint density at radius 3 is 2.76 bits per heavy atom. The molecule has 0 aliphatic rings. The second-order valence-electron chi connectivity index (χ2n) is 5.99. The lowest BCUT2D eigenvalue weighted by molar-refractivity contribution is 0.303. The number of benzene rings is 1. The molecular formula is C16H23N3OS. The first-order valence-corrected chi connectivity index (χ1v) is 8.10. The average molecular weight is 305 g/mol. The van der Waals surface area contributed by atoms with Crippen molar-refractivity contribution in [2.45, 2.75) is 46.1 Å². The molecule has 114 valence electrons. The van der Waals surface area contributed by atoms with Gasteiger partial charge in [0.15, 0.2) is 5.01 Å². The molecule has 4 nitrogen and oxygen atoms in total. The van der Waals surface area contributed by atoms with Crippen molar-refractivity contribution in [2.24, 2.45) is 0 Å². The molecule has 0 aliphatic carbocycles. The standard InChI is InChI=1S/C16H23N3OS/c1-5-9-17-15-19-18-14(21-15)11-20-13-8-6-7-12(10-13)16(2,3)4/h6-8,10H,5,9,11H2,1-4H3,(H,17,19). The fraction of sp³-hybridized carbons (Fsp3) is 0.500. The van der Waals surface area contributed by atoms with Gasteiger partial charge < -0.3 is 10.1 Å². The molecule has 0 spiro atoms. The van der Waals surface area contributed by atoms with E-state index in [-0.39, 0.29) is 5.41 Å². The first kappa shape index (κ1) is 15.8. The number of nitrogens with zero attached hydrogens (tertiary/aromatic N) is 2. The number of anilines is 1. The Kier molecular flexibility index (Phi) is 5.17. The number of nitrogens with one attached hydrogen (secondary N) is 1. The molecule has 0 radical (unpaired) electrons. The Balaban J connectivity index is 1.95. The van der Waals surface area contributed by atoms with E-state index in [0.29, 0.717) is 6.61 Å². The molecule has 0 aliphatic heterocycles. The first-order valence-electron chi connectivity index (χ1n) is 7.28. The maximum atomic E-state index is 5.83. The van der Waals surface area contributed by atoms with Crippen LogP contribution in [0.4, 0.5) is 5.13 Å². The number of hydrogen-bond acceptors (Lipinski definition) is 5. The maximum Gasteiger partial charge on any atom is 0.205 e. The van der Waals surface area contributed by atoms with E-state index in [9.17, 15) is 0 Å². The lowest BCUT2D eigenvalue weighted by atomic mass is 9.87. The fourth-order valence-electron chi connectivity index (χ4n) is 1.81. The van der Waals surface area contributed by atoms with E-state index in [4.69, 9.17) is 4.74 Å². The Labute approximate surface area is 130 Å². The Bertz CT molecular complexity index is 575. The SMILES string of the molecule is CCCNc1nnc(COc2cccc(C(C)(C)C)c2)s1. The van der Waals surface area contributed by atoms with Gasteiger partial charge in [-0.1, -0.05) is 51.2 Å². The van der Waals surface area contributed by atoms with Crippen molar-refractivity contribution in [3.05, 3.63) is 34.8 Å². The van der Waals surface area contributed by atoms with Crippen LogP contribution in [0.25, 0.3) is 0 Å². The minimum atomic E-state index is 0.124. The van der Waals surface area contributed by atoms with Crippen LogP contribution >= 0.6 is 11.3 Å². The maximum absolute atomic E-state index is 5.83. The molecule has 0 fully saturated rings. The molecule has 1 aromatic carbocycles. The van der Waals surface area contributed by atoms with Crippen molar-refractivity contribution in [3.8, 4) is 5.75 Å². The zero-order chi connectivity index (χ0) is 15.3. The van der Waals surface area contributed by atoms with Gasteiger partial charge in [-0.3, -0.25) is 0 Å². The van der Waals surface area contributed by atoms with Crippen LogP contribution in [-0.2, 0) is 12.0 Å². The van der Waals surface area contributed by atoms with Crippen molar-refractivity contribution in [2.75, 3.05) is 11.9 Å². The van der Waals surface area contributed by atoms with Crippen LogP contribution in [0.2, 0.25) is 0 Å². The van der Waals surface area contributed by atoms with Crippen molar-refractivity contribution >= 4 is 16.5 Å². The summed E-state index contributed by atoms with van der Waals surface area (Å²) in [5.41, 5.74) is 1.39. The zero-order valence-electron chi connectivity index (χ0n) is 13.1. The summed E-state index contributed by atoms with van der Waals surface area (Å²) in [4.78, 5) is 0. The highest BCUT2D eigenvalue weighted by Crippen LogP contribution is 2.26. The predicted molar refractivity (Wildman–Crippen MR) is 88.2 cm³/mol. The van der Waals surface area contributed by atoms with Gasteiger partial charge in [0.2, 0.25) is 5.13 Å². The molecule has 1 aromatic heterocycles. The number of hydrogen-bond donors (Lipinski definition) is 1. The molecule has 0 unspecified atom stereocenters. The minimum Gasteiger partial charge on any atom is -0.486 e. The van der Waals surface area contributed by atoms with Gasteiger partial charge in [-0.15, -0.1) is 10.2 Å². The van der Waals surface area contributed by atoms with Gasteiger partial charge in [-0.2, -0.15) is 0 Å². The van der Waals surface area contributed by atoms with E-state index >= 15 is 0 Å². The molecule has 0 amide bonds. The molecule has 2 rings (SSSR count). The monoisotopic (exact) mass is 305 g/mol. The van der Waals surface area contributed by atoms with Gasteiger partial charge in [-0.05, 0) is 29.5 Å². The Morgan fingerprint density at radius 1 is 1.24 bits per heavy atom. The van der Waals surface area contributed by atoms with Crippen LogP contribution in [0, 0.1) is 0 Å². The normalized spacial score (nSPS) is 11.4. The molecule has 0 saturated heterocycles. The molecule has 1 N–H and O–H groups in total. The smallest absolute Gasteiger partial charge is 0.205 e. The summed E-state index contributed by atoms with van der Waals surface area (Å²) in [6, 6.07) is 8.23. The molecule has 0 atom stereocenters. The molecule has 0 saturated carbocycles. The fourth-order valence-corrected chi connectivity index (χ4v) is 2.49. The lowest BCUT2D eigenvalue weighted by Gasteiger charge is -2.19. The molecule has 0 bridgehead atoms. The lowest BCUT2D eigenvalue weighted by Crippen LogP contribution is -2.10. The summed E-state index contributed by atoms with van der Waals surface area (Å²) in [6.45, 7) is 10.1. The van der Waals surface area contributed by atoms with Crippen LogP contribution in [0.3, 0.4) is 0 Å². The minimum absolute atomic E-state index is 0.124. The number of ether oxygens (including phenoxy) is 1. The van der Waals surface area contributed by atoms with Gasteiger partial charge in [0.05, 0.1) is 0 Å². The van der Waals surface area contributed by atoms with E-state index in [1.807, 2.05) is 12.1 Å². The van der Waals surface area contributed by atoms with Gasteiger partial charge >= 0.3 is 0 Å². The topological polar surface area (TPSA) is 47.0 Å². The highest BCUT2D eigenvalue weighted by Gasteiger charge is 2.14. The van der Waals surface area contributed by atoms with Crippen LogP contribution in [0.5, 0.6) is 5.75 Å². The summed E-state index contributed by atoms with van der Waals surface area (Å²) in [5, 5.41) is 13.2. The molecule has 2 aromatic rings. The van der Waals surface area contributed by atoms with Crippen LogP contribution in [0.1, 0.15) is 44.7 Å². The Morgan fingerprint density at radius 2 is 2.05 bits per heavy atom. The predicted octanol–water partition coefficient (Wildman–Crippen LogP) is 4.24. The van der Waals surface area contributed by atoms with Crippen molar-refractivity contribution in [3.63, 3.8) is 0 Å². The van der Waals surface area contributed by atoms with Crippen LogP contribution < -0.4 is 10.1 Å². The summed E-state index contributed by atoms with van der Waals surface area (Å²) in [5.74, 6) is 0.876. The first-order chi connectivity index (χ1) is 9.99. The quantitative estimate of drug-likeness (QED) is 0.867. The largest absolute Gasteiger partial charge is 0.486 e. The van der Waals surface area contributed by atoms with E-state index in [2.05, 4.69) is 55.3 Å². The highest BCUT2D eigenvalue weighted by atomic mass is 32.1. The third-order valence-electron chi connectivity index (χ3n) is 3.06. The van der Waals surface area contributed by atoms with Gasteiger partial charge in [0.25, 0.3) is 0 Å². The second-order valence-corrected chi connectivity index (χ2v) is 7.06. The molecular weight excluding hydrogens is 282 g/mol. The van der Waals surface area contributed by atoms with E-state index in [1.165, 1.54) is 5.56 Å². The highest BCUT2D eigenvalue weighted by molar-refractivity contribution is 7.15. The third-order valence-corrected chi connectivity index (χ3v) is 3.91. The van der Waals surface area contributed by atoms with E-state index in [1.54, 1.807) is 11.3 Å². The molecule has 5 heteroatoms. The van der Waals surface area contributed by atoms with Gasteiger partial charge in [0, 0.05) is 6.54 Å². The second kappa shape index (κ2) is 6.89. The summed E-state index contributed by atoms with van der Waals surface area (Å²) in [7, 11) is 0. The van der Waals surface area contributed by atoms with Gasteiger partial charge in [0.1, 0.15) is 12.4 Å². The van der Waals surface area contributed by atoms with Crippen molar-refractivity contribution in [1.29, 1.82) is 0 Å². The molecule has 21 heavy (non-hydrogen) atoms. The molecule has 1 heterocycles. The summed E-state index contributed by atoms with van der Waals surface area (Å²) < 4.78 is 5.83. The zero-order valence-corrected chi connectivity index (χ0v) is 14.0. The summed E-state index contributed by atoms with van der Waals surface area (Å²) in [6.07, 6.45) is 1.07. The average Bonchev–Trinajstić information content (AvgIpc) is 2.90. The van der Waals surface area contributed by atoms with Crippen molar-refractivity contribution < 1.29 is 4.74 Å². The number of rotatable bonds is 6. The van der Waals surface area contributed by atoms with E-state index in [0.717, 1.165) is 28.9 Å². The van der Waals surface area contributed by atoms with Crippen LogP contribution in [0.15, 0.2) is 24.3 Å². The Hall–Kier alpha value is -1.62. The van der Waals surface area contributed by atoms with Gasteiger partial charge in [-0.25, -0.2) is 0 Å². The third kappa shape index (κ3) is 4.70. The summed E-state index contributed by atoms with van der Waals surface area (Å²) >= 11 is 1.54. The van der Waals surface area contributed by atoms with Crippen molar-refractivity contribution in [1.82, 2.24) is 10.2 Å². The number of aromatic nitrogens is 2.